The monoisotopic (exact) mass is 308 g/mol. The van der Waals surface area contributed by atoms with Crippen molar-refractivity contribution >= 4 is 34.2 Å². The average Bonchev–Trinajstić information content (AvgIpc) is 2.81. The van der Waals surface area contributed by atoms with E-state index in [-0.39, 0.29) is 0 Å². The van der Waals surface area contributed by atoms with Crippen LogP contribution in [0.1, 0.15) is 5.82 Å². The molecule has 0 aliphatic heterocycles. The van der Waals surface area contributed by atoms with Gasteiger partial charge < -0.3 is 9.15 Å². The maximum atomic E-state index is 5.99. The first-order chi connectivity index (χ1) is 9.65. The van der Waals surface area contributed by atoms with Gasteiger partial charge in [-0.05, 0) is 24.3 Å². The second-order valence-corrected chi connectivity index (χ2v) is 5.04. The Kier molecular flexibility index (Phi) is 3.61. The number of fused-ring (bicyclic) bond motifs is 1. The Balaban J connectivity index is 2.10. The highest BCUT2D eigenvalue weighted by atomic mass is 35.5. The summed E-state index contributed by atoms with van der Waals surface area (Å²) in [5.41, 5.74) is 1.36. The molecule has 0 fully saturated rings. The van der Waals surface area contributed by atoms with Crippen molar-refractivity contribution in [2.24, 2.45) is 0 Å². The van der Waals surface area contributed by atoms with Crippen LogP contribution in [0.5, 0.6) is 0 Å². The molecule has 0 amide bonds. The van der Waals surface area contributed by atoms with Gasteiger partial charge in [0.1, 0.15) is 23.0 Å². The van der Waals surface area contributed by atoms with Gasteiger partial charge in [0.05, 0.1) is 0 Å². The first-order valence-corrected chi connectivity index (χ1v) is 6.63. The van der Waals surface area contributed by atoms with Crippen LogP contribution in [0.15, 0.2) is 34.7 Å². The Hall–Kier alpha value is -1.62. The van der Waals surface area contributed by atoms with Crippen LogP contribution in [0, 0.1) is 0 Å². The number of aromatic nitrogens is 2. The summed E-state index contributed by atoms with van der Waals surface area (Å²) >= 11 is 12.0. The van der Waals surface area contributed by atoms with Gasteiger partial charge in [-0.3, -0.25) is 0 Å². The second-order valence-electron chi connectivity index (χ2n) is 4.22. The molecular formula is C14H10Cl2N2O2. The van der Waals surface area contributed by atoms with Crippen LogP contribution < -0.4 is 0 Å². The molecular weight excluding hydrogens is 299 g/mol. The van der Waals surface area contributed by atoms with Crippen LogP contribution in [0.3, 0.4) is 0 Å². The molecule has 102 valence electrons. The number of rotatable bonds is 3. The third-order valence-corrected chi connectivity index (χ3v) is 3.17. The van der Waals surface area contributed by atoms with Gasteiger partial charge in [0.25, 0.3) is 0 Å². The van der Waals surface area contributed by atoms with Gasteiger partial charge in [0.2, 0.25) is 0 Å². The van der Waals surface area contributed by atoms with Gasteiger partial charge in [0.15, 0.2) is 11.6 Å². The molecule has 0 aliphatic carbocycles. The molecule has 6 heteroatoms. The van der Waals surface area contributed by atoms with E-state index in [1.54, 1.807) is 19.2 Å². The predicted octanol–water partition coefficient (Wildman–Crippen LogP) is 4.34. The minimum Gasteiger partial charge on any atom is -0.454 e. The van der Waals surface area contributed by atoms with Gasteiger partial charge in [-0.2, -0.15) is 0 Å². The lowest BCUT2D eigenvalue weighted by Gasteiger charge is -2.02. The zero-order valence-electron chi connectivity index (χ0n) is 10.6. The molecule has 1 aromatic carbocycles. The highest BCUT2D eigenvalue weighted by molar-refractivity contribution is 6.31. The van der Waals surface area contributed by atoms with E-state index in [2.05, 4.69) is 9.97 Å². The van der Waals surface area contributed by atoms with Crippen molar-refractivity contribution in [3.63, 3.8) is 0 Å². The van der Waals surface area contributed by atoms with Crippen molar-refractivity contribution in [1.29, 1.82) is 0 Å². The third kappa shape index (κ3) is 2.63. The van der Waals surface area contributed by atoms with Gasteiger partial charge in [-0.1, -0.05) is 23.2 Å². The normalized spacial score (nSPS) is 11.2. The van der Waals surface area contributed by atoms with Crippen LogP contribution in [0.2, 0.25) is 10.2 Å². The van der Waals surface area contributed by atoms with Gasteiger partial charge in [0, 0.05) is 23.6 Å². The lowest BCUT2D eigenvalue weighted by atomic mass is 10.2. The quantitative estimate of drug-likeness (QED) is 0.675. The molecule has 2 heterocycles. The molecule has 0 saturated carbocycles. The molecule has 0 aliphatic rings. The van der Waals surface area contributed by atoms with E-state index in [1.165, 1.54) is 0 Å². The number of benzene rings is 1. The molecule has 3 aromatic rings. The molecule has 0 spiro atoms. The molecule has 0 atom stereocenters. The van der Waals surface area contributed by atoms with Crippen molar-refractivity contribution in [2.75, 3.05) is 7.11 Å². The number of ether oxygens (including phenoxy) is 1. The second kappa shape index (κ2) is 5.40. The van der Waals surface area contributed by atoms with Crippen LogP contribution in [0.25, 0.3) is 22.4 Å². The molecule has 4 nitrogen and oxygen atoms in total. The average molecular weight is 309 g/mol. The minimum atomic E-state index is 0.291. The highest BCUT2D eigenvalue weighted by Crippen LogP contribution is 2.29. The number of nitrogens with zero attached hydrogens (tertiary/aromatic N) is 2. The predicted molar refractivity (Wildman–Crippen MR) is 78.0 cm³/mol. The van der Waals surface area contributed by atoms with Crippen LogP contribution in [-0.4, -0.2) is 17.1 Å². The number of hydrogen-bond donors (Lipinski definition) is 0. The highest BCUT2D eigenvalue weighted by Gasteiger charge is 2.11. The maximum absolute atomic E-state index is 5.99. The van der Waals surface area contributed by atoms with Crippen molar-refractivity contribution in [3.05, 3.63) is 46.3 Å². The summed E-state index contributed by atoms with van der Waals surface area (Å²) in [5.74, 6) is 1.12. The fraction of sp³-hybridized carbons (Fsp3) is 0.143. The Bertz CT molecular complexity index is 771. The summed E-state index contributed by atoms with van der Waals surface area (Å²) < 4.78 is 10.8. The van der Waals surface area contributed by atoms with Crippen molar-refractivity contribution in [3.8, 4) is 11.5 Å². The van der Waals surface area contributed by atoms with E-state index >= 15 is 0 Å². The molecule has 0 unspecified atom stereocenters. The van der Waals surface area contributed by atoms with E-state index in [4.69, 9.17) is 32.4 Å². The van der Waals surface area contributed by atoms with E-state index < -0.39 is 0 Å². The fourth-order valence-corrected chi connectivity index (χ4v) is 2.31. The van der Waals surface area contributed by atoms with Crippen LogP contribution in [0.4, 0.5) is 0 Å². The van der Waals surface area contributed by atoms with Crippen LogP contribution in [-0.2, 0) is 11.3 Å². The number of hydrogen-bond acceptors (Lipinski definition) is 4. The minimum absolute atomic E-state index is 0.291. The summed E-state index contributed by atoms with van der Waals surface area (Å²) in [6, 6.07) is 8.96. The van der Waals surface area contributed by atoms with Crippen LogP contribution >= 0.6 is 23.2 Å². The summed E-state index contributed by atoms with van der Waals surface area (Å²) in [6.45, 7) is 0.291. The molecule has 2 aromatic heterocycles. The topological polar surface area (TPSA) is 48.2 Å². The van der Waals surface area contributed by atoms with Gasteiger partial charge >= 0.3 is 0 Å². The molecule has 0 bridgehead atoms. The summed E-state index contributed by atoms with van der Waals surface area (Å²) in [6.07, 6.45) is 0. The van der Waals surface area contributed by atoms with E-state index in [9.17, 15) is 0 Å². The van der Waals surface area contributed by atoms with Crippen molar-refractivity contribution < 1.29 is 9.15 Å². The molecule has 20 heavy (non-hydrogen) atoms. The first-order valence-electron chi connectivity index (χ1n) is 5.87. The Morgan fingerprint density at radius 2 is 2.00 bits per heavy atom. The van der Waals surface area contributed by atoms with Crippen molar-refractivity contribution in [2.45, 2.75) is 6.61 Å². The fourth-order valence-electron chi connectivity index (χ4n) is 1.93. The number of methoxy groups -OCH3 is 1. The standard InChI is InChI=1S/C14H10Cl2N2O2/c1-19-7-14-17-10(6-13(16)18-14)12-5-8-4-9(15)2-3-11(8)20-12/h2-6H,7H2,1H3. The number of furan rings is 1. The largest absolute Gasteiger partial charge is 0.454 e. The third-order valence-electron chi connectivity index (χ3n) is 2.75. The summed E-state index contributed by atoms with van der Waals surface area (Å²) in [4.78, 5) is 8.45. The zero-order chi connectivity index (χ0) is 14.1. The molecule has 3 rings (SSSR count). The molecule has 0 saturated heterocycles. The maximum Gasteiger partial charge on any atom is 0.156 e. The van der Waals surface area contributed by atoms with E-state index in [0.29, 0.717) is 34.1 Å². The Morgan fingerprint density at radius 3 is 2.80 bits per heavy atom. The van der Waals surface area contributed by atoms with Gasteiger partial charge in [-0.25, -0.2) is 9.97 Å². The lowest BCUT2D eigenvalue weighted by Crippen LogP contribution is -1.98. The van der Waals surface area contributed by atoms with E-state index in [0.717, 1.165) is 11.0 Å². The van der Waals surface area contributed by atoms with E-state index in [1.807, 2.05) is 18.2 Å². The van der Waals surface area contributed by atoms with Crippen molar-refractivity contribution in [1.82, 2.24) is 9.97 Å². The summed E-state index contributed by atoms with van der Waals surface area (Å²) in [7, 11) is 1.58. The first kappa shape index (κ1) is 13.4. The summed E-state index contributed by atoms with van der Waals surface area (Å²) in [5, 5.41) is 1.92. The smallest absolute Gasteiger partial charge is 0.156 e. The van der Waals surface area contributed by atoms with Gasteiger partial charge in [-0.15, -0.1) is 0 Å². The molecule has 0 N–H and O–H groups in total. The Labute approximate surface area is 125 Å². The lowest BCUT2D eigenvalue weighted by molar-refractivity contribution is 0.178. The Morgan fingerprint density at radius 1 is 1.15 bits per heavy atom. The zero-order valence-corrected chi connectivity index (χ0v) is 12.1. The SMILES string of the molecule is COCc1nc(Cl)cc(-c2cc3cc(Cl)ccc3o2)n1. The number of halogens is 2. The molecule has 0 radical (unpaired) electrons.